The number of nitrogens with two attached hydrogens (primary N) is 1. The maximum Gasteiger partial charge on any atom is 0.162 e. The molecule has 27 heavy (non-hydrogen) atoms. The Morgan fingerprint density at radius 1 is 1.26 bits per heavy atom. The summed E-state index contributed by atoms with van der Waals surface area (Å²) in [7, 11) is 1.59. The normalized spacial score (nSPS) is 17.3. The van der Waals surface area contributed by atoms with Crippen LogP contribution in [0.5, 0.6) is 5.75 Å². The van der Waals surface area contributed by atoms with Gasteiger partial charge in [-0.15, -0.1) is 0 Å². The van der Waals surface area contributed by atoms with Crippen molar-refractivity contribution in [3.05, 3.63) is 36.7 Å². The number of nitrogens with zero attached hydrogens (tertiary/aromatic N) is 4. The van der Waals surface area contributed by atoms with Gasteiger partial charge in [-0.05, 0) is 24.3 Å². The zero-order chi connectivity index (χ0) is 18.8. The highest BCUT2D eigenvalue weighted by molar-refractivity contribution is 5.95. The number of pyridine rings is 1. The van der Waals surface area contributed by atoms with Gasteiger partial charge in [0.05, 0.1) is 36.4 Å². The van der Waals surface area contributed by atoms with E-state index in [4.69, 9.17) is 15.5 Å². The first-order valence-electron chi connectivity index (χ1n) is 8.79. The van der Waals surface area contributed by atoms with Crippen LogP contribution in [0.4, 0.5) is 15.9 Å². The fourth-order valence-electron chi connectivity index (χ4n) is 3.30. The summed E-state index contributed by atoms with van der Waals surface area (Å²) >= 11 is 0. The largest absolute Gasteiger partial charge is 0.494 e. The molecule has 1 aliphatic heterocycles. The molecule has 3 N–H and O–H groups in total. The number of halogens is 1. The van der Waals surface area contributed by atoms with Gasteiger partial charge in [0.15, 0.2) is 5.82 Å². The Hall–Kier alpha value is -3.00. The van der Waals surface area contributed by atoms with Gasteiger partial charge >= 0.3 is 0 Å². The Kier molecular flexibility index (Phi) is 4.72. The number of anilines is 2. The van der Waals surface area contributed by atoms with E-state index in [2.05, 4.69) is 20.2 Å². The molecule has 2 aromatic heterocycles. The van der Waals surface area contributed by atoms with E-state index in [1.165, 1.54) is 0 Å². The number of rotatable bonds is 4. The molecule has 4 rings (SSSR count). The van der Waals surface area contributed by atoms with Crippen molar-refractivity contribution < 1.29 is 9.13 Å². The molecule has 1 aliphatic rings. The lowest BCUT2D eigenvalue weighted by Crippen LogP contribution is -2.52. The summed E-state index contributed by atoms with van der Waals surface area (Å²) in [5, 5.41) is 3.96. The molecule has 0 bridgehead atoms. The van der Waals surface area contributed by atoms with Crippen molar-refractivity contribution in [3.63, 3.8) is 0 Å². The number of ether oxygens (including phenoxy) is 1. The molecule has 0 saturated carbocycles. The molecule has 3 aromatic rings. The molecule has 1 saturated heterocycles. The molecular formula is C19H21FN6O. The van der Waals surface area contributed by atoms with Crippen LogP contribution in [0.1, 0.15) is 0 Å². The van der Waals surface area contributed by atoms with E-state index in [0.29, 0.717) is 35.9 Å². The molecule has 0 spiro atoms. The second-order valence-electron chi connectivity index (χ2n) is 6.48. The number of nitrogen functional groups attached to an aromatic ring is 1. The zero-order valence-corrected chi connectivity index (χ0v) is 15.0. The minimum atomic E-state index is -0.428. The van der Waals surface area contributed by atoms with E-state index in [1.807, 2.05) is 24.3 Å². The molecule has 0 amide bonds. The van der Waals surface area contributed by atoms with Gasteiger partial charge in [0.25, 0.3) is 0 Å². The number of aromatic nitrogens is 3. The van der Waals surface area contributed by atoms with E-state index < -0.39 is 6.67 Å². The first-order chi connectivity index (χ1) is 13.2. The summed E-state index contributed by atoms with van der Waals surface area (Å²) in [5.41, 5.74) is 8.01. The summed E-state index contributed by atoms with van der Waals surface area (Å²) in [5.74, 6) is 1.90. The molecule has 140 valence electrons. The van der Waals surface area contributed by atoms with Crippen molar-refractivity contribution in [2.75, 3.05) is 44.1 Å². The van der Waals surface area contributed by atoms with Crippen LogP contribution in [0.15, 0.2) is 36.7 Å². The molecule has 0 aliphatic carbocycles. The van der Waals surface area contributed by atoms with Crippen LogP contribution in [0.3, 0.4) is 0 Å². The fourth-order valence-corrected chi connectivity index (χ4v) is 3.30. The Morgan fingerprint density at radius 3 is 2.81 bits per heavy atom. The van der Waals surface area contributed by atoms with Gasteiger partial charge in [-0.3, -0.25) is 4.98 Å². The van der Waals surface area contributed by atoms with Gasteiger partial charge in [-0.2, -0.15) is 0 Å². The van der Waals surface area contributed by atoms with Crippen LogP contribution in [-0.2, 0) is 0 Å². The first kappa shape index (κ1) is 17.4. The summed E-state index contributed by atoms with van der Waals surface area (Å²) in [6, 6.07) is 7.18. The van der Waals surface area contributed by atoms with E-state index in [-0.39, 0.29) is 6.04 Å². The van der Waals surface area contributed by atoms with Crippen LogP contribution < -0.4 is 20.7 Å². The smallest absolute Gasteiger partial charge is 0.162 e. The lowest BCUT2D eigenvalue weighted by Gasteiger charge is -2.34. The standard InChI is InChI=1S/C19H21FN6O/c1-27-16-10-22-9-15-17(16)19(26-7-6-23-14(8-20)11-26)25-18(24-15)12-2-4-13(21)5-3-12/h2-5,9-10,14,23H,6-8,11,21H2,1H3/t14-/m0/s1. The molecule has 7 nitrogen and oxygen atoms in total. The van der Waals surface area contributed by atoms with Crippen molar-refractivity contribution >= 4 is 22.4 Å². The van der Waals surface area contributed by atoms with Gasteiger partial charge in [0.2, 0.25) is 0 Å². The monoisotopic (exact) mass is 368 g/mol. The topological polar surface area (TPSA) is 89.2 Å². The van der Waals surface area contributed by atoms with E-state index in [9.17, 15) is 4.39 Å². The van der Waals surface area contributed by atoms with Gasteiger partial charge in [0.1, 0.15) is 18.2 Å². The average molecular weight is 368 g/mol. The van der Waals surface area contributed by atoms with Crippen LogP contribution in [0.2, 0.25) is 0 Å². The Morgan fingerprint density at radius 2 is 2.07 bits per heavy atom. The van der Waals surface area contributed by atoms with Crippen molar-refractivity contribution in [1.29, 1.82) is 0 Å². The third-order valence-corrected chi connectivity index (χ3v) is 4.68. The van der Waals surface area contributed by atoms with E-state index in [1.54, 1.807) is 19.5 Å². The molecule has 1 aromatic carbocycles. The third-order valence-electron chi connectivity index (χ3n) is 4.68. The summed E-state index contributed by atoms with van der Waals surface area (Å²) in [4.78, 5) is 15.8. The third kappa shape index (κ3) is 3.35. The van der Waals surface area contributed by atoms with Crippen molar-refractivity contribution in [3.8, 4) is 17.1 Å². The summed E-state index contributed by atoms with van der Waals surface area (Å²) in [6.07, 6.45) is 3.34. The zero-order valence-electron chi connectivity index (χ0n) is 15.0. The van der Waals surface area contributed by atoms with Crippen molar-refractivity contribution in [2.24, 2.45) is 0 Å². The predicted molar refractivity (Wildman–Crippen MR) is 104 cm³/mol. The Balaban J connectivity index is 1.89. The molecule has 0 radical (unpaired) electrons. The SMILES string of the molecule is COc1cncc2nc(-c3ccc(N)cc3)nc(N3CCN[C@@H](CF)C3)c12. The second-order valence-corrected chi connectivity index (χ2v) is 6.48. The lowest BCUT2D eigenvalue weighted by molar-refractivity contribution is 0.352. The quantitative estimate of drug-likeness (QED) is 0.681. The summed E-state index contributed by atoms with van der Waals surface area (Å²) in [6.45, 7) is 1.50. The number of hydrogen-bond acceptors (Lipinski definition) is 7. The highest BCUT2D eigenvalue weighted by atomic mass is 19.1. The van der Waals surface area contributed by atoms with Crippen molar-refractivity contribution in [1.82, 2.24) is 20.3 Å². The highest BCUT2D eigenvalue weighted by Gasteiger charge is 2.24. The molecule has 3 heterocycles. The number of alkyl halides is 1. The lowest BCUT2D eigenvalue weighted by atomic mass is 10.1. The molecule has 0 unspecified atom stereocenters. The minimum absolute atomic E-state index is 0.225. The second kappa shape index (κ2) is 7.32. The van der Waals surface area contributed by atoms with E-state index >= 15 is 0 Å². The van der Waals surface area contributed by atoms with Gasteiger partial charge in [-0.25, -0.2) is 14.4 Å². The Labute approximate surface area is 156 Å². The Bertz CT molecular complexity index is 949. The fraction of sp³-hybridized carbons (Fsp3) is 0.316. The predicted octanol–water partition coefficient (Wildman–Crippen LogP) is 2.03. The number of nitrogens with one attached hydrogen (secondary N) is 1. The highest BCUT2D eigenvalue weighted by Crippen LogP contribution is 2.34. The number of benzene rings is 1. The number of hydrogen-bond donors (Lipinski definition) is 2. The van der Waals surface area contributed by atoms with Crippen molar-refractivity contribution in [2.45, 2.75) is 6.04 Å². The maximum absolute atomic E-state index is 13.2. The minimum Gasteiger partial charge on any atom is -0.494 e. The van der Waals surface area contributed by atoms with Crippen LogP contribution >= 0.6 is 0 Å². The van der Waals surface area contributed by atoms with Crippen LogP contribution in [0.25, 0.3) is 22.3 Å². The first-order valence-corrected chi connectivity index (χ1v) is 8.79. The van der Waals surface area contributed by atoms with Gasteiger partial charge < -0.3 is 20.7 Å². The summed E-state index contributed by atoms with van der Waals surface area (Å²) < 4.78 is 18.7. The van der Waals surface area contributed by atoms with Crippen LogP contribution in [0, 0.1) is 0 Å². The van der Waals surface area contributed by atoms with Gasteiger partial charge in [-0.1, -0.05) is 0 Å². The number of fused-ring (bicyclic) bond motifs is 1. The maximum atomic E-state index is 13.2. The van der Waals surface area contributed by atoms with Gasteiger partial charge in [0, 0.05) is 30.9 Å². The van der Waals surface area contributed by atoms with E-state index in [0.717, 1.165) is 23.3 Å². The molecule has 8 heteroatoms. The average Bonchev–Trinajstić information content (AvgIpc) is 2.73. The molecular weight excluding hydrogens is 347 g/mol. The molecule has 1 fully saturated rings. The number of methoxy groups -OCH3 is 1. The molecule has 1 atom stereocenters. The number of piperazine rings is 1. The van der Waals surface area contributed by atoms with Crippen LogP contribution in [-0.4, -0.2) is 54.4 Å².